The van der Waals surface area contributed by atoms with Gasteiger partial charge < -0.3 is 50.5 Å². The van der Waals surface area contributed by atoms with Crippen LogP contribution in [0.5, 0.6) is 0 Å². The molecule has 1 heterocycles. The minimum atomic E-state index is -1.66. The second-order valence-electron chi connectivity index (χ2n) is 16.8. The molecule has 0 aromatic rings. The number of rotatable bonds is 39. The Labute approximate surface area is 353 Å². The fourth-order valence-electron chi connectivity index (χ4n) is 7.50. The molecule has 1 aliphatic heterocycles. The van der Waals surface area contributed by atoms with Gasteiger partial charge in [0.05, 0.1) is 25.4 Å². The van der Waals surface area contributed by atoms with Crippen molar-refractivity contribution in [3.8, 4) is 0 Å². The van der Waals surface area contributed by atoms with Crippen molar-refractivity contribution in [3.05, 3.63) is 24.3 Å². The molecule has 8 N–H and O–H groups in total. The minimum absolute atomic E-state index is 0.252. The Morgan fingerprint density at radius 1 is 0.586 bits per heavy atom. The first-order valence-electron chi connectivity index (χ1n) is 23.7. The molecule has 9 unspecified atom stereocenters. The van der Waals surface area contributed by atoms with E-state index in [0.29, 0.717) is 12.8 Å². The molecule has 0 aromatic heterocycles. The van der Waals surface area contributed by atoms with Gasteiger partial charge in [0.25, 0.3) is 0 Å². The van der Waals surface area contributed by atoms with Crippen molar-refractivity contribution in [2.45, 2.75) is 255 Å². The highest BCUT2D eigenvalue weighted by Gasteiger charge is 2.44. The van der Waals surface area contributed by atoms with Crippen LogP contribution in [-0.2, 0) is 14.3 Å². The number of amides is 1. The van der Waals surface area contributed by atoms with Crippen LogP contribution in [0.2, 0.25) is 0 Å². The van der Waals surface area contributed by atoms with Crippen molar-refractivity contribution in [3.63, 3.8) is 0 Å². The number of carbonyl (C=O) groups excluding carboxylic acids is 1. The number of aliphatic hydroxyl groups excluding tert-OH is 7. The fraction of sp³-hybridized carbons (Fsp3) is 0.894. The molecule has 1 rings (SSSR count). The van der Waals surface area contributed by atoms with Crippen molar-refractivity contribution in [2.75, 3.05) is 13.2 Å². The number of allylic oxidation sites excluding steroid dienone is 4. The first-order chi connectivity index (χ1) is 28.2. The highest BCUT2D eigenvalue weighted by Crippen LogP contribution is 2.23. The molecule has 0 radical (unpaired) electrons. The van der Waals surface area contributed by atoms with Crippen molar-refractivity contribution >= 4 is 5.91 Å². The van der Waals surface area contributed by atoms with E-state index < -0.39 is 74.2 Å². The number of hydrogen-bond acceptors (Lipinski definition) is 10. The average molecular weight is 828 g/mol. The Bertz CT molecular complexity index is 997. The van der Waals surface area contributed by atoms with Gasteiger partial charge in [-0.2, -0.15) is 0 Å². The summed E-state index contributed by atoms with van der Waals surface area (Å²) in [7, 11) is 0. The van der Waals surface area contributed by atoms with Crippen molar-refractivity contribution < 1.29 is 50.0 Å². The zero-order valence-corrected chi connectivity index (χ0v) is 36.8. The third kappa shape index (κ3) is 26.7. The smallest absolute Gasteiger partial charge is 0.249 e. The van der Waals surface area contributed by atoms with Gasteiger partial charge in [-0.25, -0.2) is 0 Å². The summed E-state index contributed by atoms with van der Waals surface area (Å²) in [5.41, 5.74) is 0. The Balaban J connectivity index is 2.25. The second-order valence-corrected chi connectivity index (χ2v) is 16.8. The highest BCUT2D eigenvalue weighted by molar-refractivity contribution is 5.80. The molecule has 1 aliphatic rings. The van der Waals surface area contributed by atoms with Gasteiger partial charge in [-0.1, -0.05) is 167 Å². The van der Waals surface area contributed by atoms with Crippen LogP contribution < -0.4 is 5.32 Å². The molecule has 0 saturated carbocycles. The summed E-state index contributed by atoms with van der Waals surface area (Å²) in [5.74, 6) is -0.713. The maximum absolute atomic E-state index is 13.0. The molecule has 0 aliphatic carbocycles. The number of carbonyl (C=O) groups is 1. The Morgan fingerprint density at radius 3 is 1.55 bits per heavy atom. The molecule has 1 amide bonds. The van der Waals surface area contributed by atoms with Crippen LogP contribution in [-0.4, -0.2) is 110 Å². The standard InChI is InChI=1S/C47H89NO10/c1-3-5-7-9-11-12-13-14-15-16-17-18-19-20-21-22-23-24-25-26-27-28-29-31-33-35-40(51)46(56)48-38(42(52)39(50)34-32-30-10-8-6-4-2)37-57-47-45(55)44(54)43(53)41(36-49)58-47/h8,10,20-21,38-45,47,49-55H,3-7,9,11-19,22-37H2,1-2H3,(H,48,56)/b10-8+,21-20-. The summed E-state index contributed by atoms with van der Waals surface area (Å²) in [6.07, 6.45) is 30.1. The van der Waals surface area contributed by atoms with Gasteiger partial charge in [-0.15, -0.1) is 0 Å². The Morgan fingerprint density at radius 2 is 1.05 bits per heavy atom. The second kappa shape index (κ2) is 37.4. The molecule has 11 nitrogen and oxygen atoms in total. The zero-order valence-electron chi connectivity index (χ0n) is 36.8. The van der Waals surface area contributed by atoms with E-state index in [2.05, 4.69) is 37.4 Å². The van der Waals surface area contributed by atoms with Crippen molar-refractivity contribution in [1.82, 2.24) is 5.32 Å². The van der Waals surface area contributed by atoms with Gasteiger partial charge in [0, 0.05) is 0 Å². The minimum Gasteiger partial charge on any atom is -0.394 e. The van der Waals surface area contributed by atoms with Gasteiger partial charge in [-0.05, 0) is 57.8 Å². The SMILES string of the molecule is CCC/C=C/CCCC(O)C(O)C(COC1OC(CO)C(O)C(O)C1O)NC(=O)C(O)CCCCCCCCCCC/C=C\CCCCCCCCCCCCCC. The largest absolute Gasteiger partial charge is 0.394 e. The first-order valence-corrected chi connectivity index (χ1v) is 23.7. The molecular weight excluding hydrogens is 739 g/mol. The summed E-state index contributed by atoms with van der Waals surface area (Å²) in [6.45, 7) is 3.29. The van der Waals surface area contributed by atoms with E-state index in [0.717, 1.165) is 38.5 Å². The molecule has 9 atom stereocenters. The third-order valence-electron chi connectivity index (χ3n) is 11.5. The van der Waals surface area contributed by atoms with Crippen LogP contribution in [0.4, 0.5) is 0 Å². The maximum atomic E-state index is 13.0. The highest BCUT2D eigenvalue weighted by atomic mass is 16.7. The molecular formula is C47H89NO10. The molecule has 0 spiro atoms. The fourth-order valence-corrected chi connectivity index (χ4v) is 7.50. The number of unbranched alkanes of at least 4 members (excludes halogenated alkanes) is 23. The predicted octanol–water partition coefficient (Wildman–Crippen LogP) is 7.84. The van der Waals surface area contributed by atoms with Gasteiger partial charge in [-0.3, -0.25) is 4.79 Å². The van der Waals surface area contributed by atoms with E-state index >= 15 is 0 Å². The third-order valence-corrected chi connectivity index (χ3v) is 11.5. The summed E-state index contributed by atoms with van der Waals surface area (Å²) >= 11 is 0. The lowest BCUT2D eigenvalue weighted by Crippen LogP contribution is -2.60. The number of aliphatic hydroxyl groups is 7. The summed E-state index contributed by atoms with van der Waals surface area (Å²) in [6, 6.07) is -1.18. The number of nitrogens with one attached hydrogen (secondary N) is 1. The van der Waals surface area contributed by atoms with Gasteiger partial charge in [0.15, 0.2) is 6.29 Å². The lowest BCUT2D eigenvalue weighted by atomic mass is 9.98. The van der Waals surface area contributed by atoms with Crippen molar-refractivity contribution in [2.24, 2.45) is 0 Å². The number of hydrogen-bond donors (Lipinski definition) is 8. The molecule has 11 heteroatoms. The van der Waals surface area contributed by atoms with Gasteiger partial charge in [0.1, 0.15) is 36.6 Å². The summed E-state index contributed by atoms with van der Waals surface area (Å²) in [5, 5.41) is 75.1. The Kier molecular flexibility index (Phi) is 35.2. The summed E-state index contributed by atoms with van der Waals surface area (Å²) < 4.78 is 11.0. The van der Waals surface area contributed by atoms with E-state index in [4.69, 9.17) is 9.47 Å². The normalized spacial score (nSPS) is 22.1. The van der Waals surface area contributed by atoms with E-state index in [-0.39, 0.29) is 12.8 Å². The Hall–Kier alpha value is -1.41. The lowest BCUT2D eigenvalue weighted by molar-refractivity contribution is -0.303. The van der Waals surface area contributed by atoms with Gasteiger partial charge >= 0.3 is 0 Å². The van der Waals surface area contributed by atoms with E-state index in [1.807, 2.05) is 6.08 Å². The lowest BCUT2D eigenvalue weighted by Gasteiger charge is -2.40. The van der Waals surface area contributed by atoms with Crippen LogP contribution in [0, 0.1) is 0 Å². The molecule has 0 aromatic carbocycles. The van der Waals surface area contributed by atoms with Crippen LogP contribution >= 0.6 is 0 Å². The quantitative estimate of drug-likeness (QED) is 0.0224. The zero-order chi connectivity index (χ0) is 42.6. The summed E-state index contributed by atoms with van der Waals surface area (Å²) in [4.78, 5) is 13.0. The average Bonchev–Trinajstić information content (AvgIpc) is 3.22. The monoisotopic (exact) mass is 828 g/mol. The van der Waals surface area contributed by atoms with E-state index in [9.17, 15) is 40.5 Å². The molecule has 342 valence electrons. The van der Waals surface area contributed by atoms with Crippen LogP contribution in [0.25, 0.3) is 0 Å². The van der Waals surface area contributed by atoms with Crippen molar-refractivity contribution in [1.29, 1.82) is 0 Å². The predicted molar refractivity (Wildman–Crippen MR) is 233 cm³/mol. The van der Waals surface area contributed by atoms with Crippen LogP contribution in [0.1, 0.15) is 200 Å². The molecule has 1 saturated heterocycles. The van der Waals surface area contributed by atoms with E-state index in [1.165, 1.54) is 122 Å². The van der Waals surface area contributed by atoms with E-state index in [1.54, 1.807) is 0 Å². The number of ether oxygens (including phenoxy) is 2. The molecule has 0 bridgehead atoms. The van der Waals surface area contributed by atoms with Gasteiger partial charge in [0.2, 0.25) is 5.91 Å². The maximum Gasteiger partial charge on any atom is 0.249 e. The van der Waals surface area contributed by atoms with Crippen LogP contribution in [0.15, 0.2) is 24.3 Å². The topological polar surface area (TPSA) is 189 Å². The van der Waals surface area contributed by atoms with Crippen LogP contribution in [0.3, 0.4) is 0 Å². The molecule has 58 heavy (non-hydrogen) atoms. The molecule has 1 fully saturated rings. The first kappa shape index (κ1) is 54.6.